The van der Waals surface area contributed by atoms with Crippen molar-refractivity contribution in [1.82, 2.24) is 15.0 Å². The summed E-state index contributed by atoms with van der Waals surface area (Å²) >= 11 is 0. The molecular formula is C19H14N4. The van der Waals surface area contributed by atoms with Crippen LogP contribution in [0.25, 0.3) is 22.2 Å². The van der Waals surface area contributed by atoms with Crippen LogP contribution in [0.2, 0.25) is 0 Å². The molecule has 0 saturated carbocycles. The number of aromatic nitrogens is 3. The van der Waals surface area contributed by atoms with E-state index in [9.17, 15) is 0 Å². The predicted octanol–water partition coefficient (Wildman–Crippen LogP) is 4.44. The molecule has 1 N–H and O–H groups in total. The first kappa shape index (κ1) is 13.4. The van der Waals surface area contributed by atoms with Crippen molar-refractivity contribution in [2.75, 3.05) is 5.32 Å². The van der Waals surface area contributed by atoms with Gasteiger partial charge in [-0.2, -0.15) is 0 Å². The van der Waals surface area contributed by atoms with Gasteiger partial charge in [0.05, 0.1) is 11.2 Å². The molecule has 23 heavy (non-hydrogen) atoms. The van der Waals surface area contributed by atoms with Gasteiger partial charge < -0.3 is 5.32 Å². The van der Waals surface area contributed by atoms with Gasteiger partial charge in [0.25, 0.3) is 0 Å². The number of hydrogen-bond acceptors (Lipinski definition) is 4. The minimum atomic E-state index is 0.578. The normalized spacial score (nSPS) is 10.6. The molecule has 0 unspecified atom stereocenters. The van der Waals surface area contributed by atoms with Gasteiger partial charge in [0.1, 0.15) is 0 Å². The fourth-order valence-electron chi connectivity index (χ4n) is 2.54. The van der Waals surface area contributed by atoms with Crippen molar-refractivity contribution < 1.29 is 0 Å². The van der Waals surface area contributed by atoms with E-state index in [2.05, 4.69) is 26.3 Å². The van der Waals surface area contributed by atoms with Crippen molar-refractivity contribution in [3.63, 3.8) is 0 Å². The van der Waals surface area contributed by atoms with Crippen molar-refractivity contribution >= 4 is 22.5 Å². The number of pyridine rings is 1. The predicted molar refractivity (Wildman–Crippen MR) is 92.5 cm³/mol. The number of rotatable bonds is 3. The molecule has 4 nitrogen and oxygen atoms in total. The lowest BCUT2D eigenvalue weighted by Crippen LogP contribution is -1.98. The van der Waals surface area contributed by atoms with E-state index in [0.29, 0.717) is 5.95 Å². The molecule has 2 aromatic heterocycles. The fourth-order valence-corrected chi connectivity index (χ4v) is 2.54. The van der Waals surface area contributed by atoms with Crippen LogP contribution >= 0.6 is 0 Å². The Labute approximate surface area is 133 Å². The molecule has 4 heteroatoms. The molecule has 4 rings (SSSR count). The molecular weight excluding hydrogens is 284 g/mol. The standard InChI is InChI=1S/C19H14N4/c1-2-6-14(7-3-1)22-19-21-13-11-18(23-19)16-10-12-20-17-9-5-4-8-15(16)17/h1-13H,(H,21,22,23). The first-order valence-electron chi connectivity index (χ1n) is 7.39. The molecule has 2 heterocycles. The maximum atomic E-state index is 4.64. The molecule has 0 aliphatic rings. The van der Waals surface area contributed by atoms with E-state index in [1.807, 2.05) is 66.9 Å². The Hall–Kier alpha value is -3.27. The van der Waals surface area contributed by atoms with Crippen molar-refractivity contribution in [2.24, 2.45) is 0 Å². The van der Waals surface area contributed by atoms with E-state index < -0.39 is 0 Å². The Morgan fingerprint density at radius 3 is 2.39 bits per heavy atom. The SMILES string of the molecule is c1ccc(Nc2nccc(-c3ccnc4ccccc34)n2)cc1. The van der Waals surface area contributed by atoms with E-state index >= 15 is 0 Å². The van der Waals surface area contributed by atoms with Crippen LogP contribution < -0.4 is 5.32 Å². The van der Waals surface area contributed by atoms with E-state index in [1.165, 1.54) is 0 Å². The molecule has 2 aromatic carbocycles. The molecule has 0 radical (unpaired) electrons. The number of para-hydroxylation sites is 2. The first-order chi connectivity index (χ1) is 11.4. The van der Waals surface area contributed by atoms with Gasteiger partial charge in [0.2, 0.25) is 5.95 Å². The molecule has 0 aliphatic carbocycles. The Bertz CT molecular complexity index is 946. The average Bonchev–Trinajstić information content (AvgIpc) is 2.62. The lowest BCUT2D eigenvalue weighted by molar-refractivity contribution is 1.17. The maximum Gasteiger partial charge on any atom is 0.227 e. The Balaban J connectivity index is 1.76. The summed E-state index contributed by atoms with van der Waals surface area (Å²) in [5, 5.41) is 4.31. The summed E-state index contributed by atoms with van der Waals surface area (Å²) in [5.74, 6) is 0.578. The van der Waals surface area contributed by atoms with E-state index in [-0.39, 0.29) is 0 Å². The van der Waals surface area contributed by atoms with Crippen LogP contribution in [0.15, 0.2) is 79.1 Å². The fraction of sp³-hybridized carbons (Fsp3) is 0. The van der Waals surface area contributed by atoms with Gasteiger partial charge in [-0.1, -0.05) is 36.4 Å². The molecule has 0 atom stereocenters. The molecule has 0 saturated heterocycles. The summed E-state index contributed by atoms with van der Waals surface area (Å²) in [6.45, 7) is 0. The van der Waals surface area contributed by atoms with Crippen LogP contribution in [0.3, 0.4) is 0 Å². The third kappa shape index (κ3) is 2.74. The summed E-state index contributed by atoms with van der Waals surface area (Å²) in [6, 6.07) is 21.9. The van der Waals surface area contributed by atoms with Gasteiger partial charge in [-0.25, -0.2) is 9.97 Å². The smallest absolute Gasteiger partial charge is 0.227 e. The molecule has 0 bridgehead atoms. The summed E-state index contributed by atoms with van der Waals surface area (Å²) in [7, 11) is 0. The second kappa shape index (κ2) is 5.85. The van der Waals surface area contributed by atoms with Gasteiger partial charge in [0, 0.05) is 29.0 Å². The summed E-state index contributed by atoms with van der Waals surface area (Å²) in [4.78, 5) is 13.3. The zero-order chi connectivity index (χ0) is 15.5. The summed E-state index contributed by atoms with van der Waals surface area (Å²) < 4.78 is 0. The Kier molecular flexibility index (Phi) is 3.41. The van der Waals surface area contributed by atoms with Crippen LogP contribution in [0.1, 0.15) is 0 Å². The van der Waals surface area contributed by atoms with Crippen LogP contribution in [-0.4, -0.2) is 15.0 Å². The highest BCUT2D eigenvalue weighted by Gasteiger charge is 2.07. The van der Waals surface area contributed by atoms with Gasteiger partial charge in [-0.05, 0) is 30.3 Å². The van der Waals surface area contributed by atoms with E-state index in [4.69, 9.17) is 0 Å². The lowest BCUT2D eigenvalue weighted by atomic mass is 10.1. The number of hydrogen-bond donors (Lipinski definition) is 1. The van der Waals surface area contributed by atoms with Crippen molar-refractivity contribution in [1.29, 1.82) is 0 Å². The molecule has 0 amide bonds. The minimum Gasteiger partial charge on any atom is -0.324 e. The number of anilines is 2. The van der Waals surface area contributed by atoms with Crippen LogP contribution in [0.5, 0.6) is 0 Å². The number of nitrogens with one attached hydrogen (secondary N) is 1. The largest absolute Gasteiger partial charge is 0.324 e. The van der Waals surface area contributed by atoms with Crippen LogP contribution in [0, 0.1) is 0 Å². The molecule has 0 spiro atoms. The monoisotopic (exact) mass is 298 g/mol. The summed E-state index contributed by atoms with van der Waals surface area (Å²) in [6.07, 6.45) is 3.58. The quantitative estimate of drug-likeness (QED) is 0.607. The maximum absolute atomic E-state index is 4.64. The first-order valence-corrected chi connectivity index (χ1v) is 7.39. The van der Waals surface area contributed by atoms with Crippen LogP contribution in [0.4, 0.5) is 11.6 Å². The lowest BCUT2D eigenvalue weighted by Gasteiger charge is -2.08. The van der Waals surface area contributed by atoms with Crippen molar-refractivity contribution in [2.45, 2.75) is 0 Å². The number of fused-ring (bicyclic) bond motifs is 1. The third-order valence-corrected chi connectivity index (χ3v) is 3.61. The van der Waals surface area contributed by atoms with Gasteiger partial charge in [-0.3, -0.25) is 4.98 Å². The van der Waals surface area contributed by atoms with E-state index in [1.54, 1.807) is 6.20 Å². The highest BCUT2D eigenvalue weighted by molar-refractivity contribution is 5.93. The third-order valence-electron chi connectivity index (χ3n) is 3.61. The Morgan fingerprint density at radius 1 is 0.696 bits per heavy atom. The molecule has 110 valence electrons. The number of nitrogens with zero attached hydrogens (tertiary/aromatic N) is 3. The molecule has 0 fully saturated rings. The second-order valence-corrected chi connectivity index (χ2v) is 5.13. The second-order valence-electron chi connectivity index (χ2n) is 5.13. The average molecular weight is 298 g/mol. The van der Waals surface area contributed by atoms with Crippen molar-refractivity contribution in [3.05, 3.63) is 79.1 Å². The van der Waals surface area contributed by atoms with Crippen molar-refractivity contribution in [3.8, 4) is 11.3 Å². The van der Waals surface area contributed by atoms with Gasteiger partial charge in [-0.15, -0.1) is 0 Å². The van der Waals surface area contributed by atoms with Gasteiger partial charge in [0.15, 0.2) is 0 Å². The van der Waals surface area contributed by atoms with E-state index in [0.717, 1.165) is 27.8 Å². The Morgan fingerprint density at radius 2 is 1.48 bits per heavy atom. The zero-order valence-corrected chi connectivity index (χ0v) is 12.3. The zero-order valence-electron chi connectivity index (χ0n) is 12.3. The minimum absolute atomic E-state index is 0.578. The highest BCUT2D eigenvalue weighted by Crippen LogP contribution is 2.26. The number of benzene rings is 2. The van der Waals surface area contributed by atoms with Gasteiger partial charge >= 0.3 is 0 Å². The molecule has 4 aromatic rings. The highest BCUT2D eigenvalue weighted by atomic mass is 15.1. The van der Waals surface area contributed by atoms with Crippen LogP contribution in [-0.2, 0) is 0 Å². The topological polar surface area (TPSA) is 50.7 Å². The molecule has 0 aliphatic heterocycles. The summed E-state index contributed by atoms with van der Waals surface area (Å²) in [5.41, 5.74) is 3.84.